The molecule has 0 aliphatic carbocycles. The van der Waals surface area contributed by atoms with Crippen LogP contribution in [0, 0.1) is 0 Å². The van der Waals surface area contributed by atoms with Crippen LogP contribution in [-0.4, -0.2) is 74.6 Å². The summed E-state index contributed by atoms with van der Waals surface area (Å²) in [6.07, 6.45) is 1.21. The number of nitrogens with zero attached hydrogens (tertiary/aromatic N) is 4. The Balaban J connectivity index is 1.48. The Morgan fingerprint density at radius 1 is 0.925 bits per heavy atom. The van der Waals surface area contributed by atoms with Crippen LogP contribution in [0.4, 0.5) is 4.79 Å². The summed E-state index contributed by atoms with van der Waals surface area (Å²) in [5.41, 5.74) is 2.71. The van der Waals surface area contributed by atoms with Gasteiger partial charge in [0, 0.05) is 26.1 Å². The number of carbonyl (C=O) groups is 3. The fraction of sp³-hybridized carbons (Fsp3) is 0.258. The maximum absolute atomic E-state index is 13.9. The van der Waals surface area contributed by atoms with Gasteiger partial charge in [0.25, 0.3) is 0 Å². The fourth-order valence-corrected chi connectivity index (χ4v) is 5.36. The van der Waals surface area contributed by atoms with Gasteiger partial charge in [0.15, 0.2) is 0 Å². The number of nitrogens with one attached hydrogen (secondary N) is 1. The summed E-state index contributed by atoms with van der Waals surface area (Å²) in [5.74, 6) is -0.281. The lowest BCUT2D eigenvalue weighted by molar-refractivity contribution is -0.189. The largest absolute Gasteiger partial charge is 0.508 e. The average Bonchev–Trinajstić information content (AvgIpc) is 2.96. The Kier molecular flexibility index (Phi) is 8.12. The molecule has 3 aromatic rings. The molecule has 0 bridgehead atoms. The van der Waals surface area contributed by atoms with Crippen molar-refractivity contribution in [3.8, 4) is 5.75 Å². The zero-order valence-corrected chi connectivity index (χ0v) is 22.2. The van der Waals surface area contributed by atoms with Gasteiger partial charge >= 0.3 is 6.03 Å². The number of urea groups is 1. The number of benzene rings is 3. The van der Waals surface area contributed by atoms with Crippen molar-refractivity contribution in [2.24, 2.45) is 0 Å². The minimum atomic E-state index is -0.810. The number of fused-ring (bicyclic) bond motifs is 1. The summed E-state index contributed by atoms with van der Waals surface area (Å²) in [6, 6.07) is 24.7. The van der Waals surface area contributed by atoms with Gasteiger partial charge in [-0.25, -0.2) is 14.8 Å². The lowest BCUT2D eigenvalue weighted by Gasteiger charge is -2.55. The minimum Gasteiger partial charge on any atom is -0.508 e. The van der Waals surface area contributed by atoms with Crippen molar-refractivity contribution in [1.82, 2.24) is 25.1 Å². The number of amides is 4. The molecule has 40 heavy (non-hydrogen) atoms. The van der Waals surface area contributed by atoms with E-state index in [2.05, 4.69) is 11.9 Å². The third kappa shape index (κ3) is 5.84. The third-order valence-electron chi connectivity index (χ3n) is 7.25. The van der Waals surface area contributed by atoms with Crippen molar-refractivity contribution < 1.29 is 19.5 Å². The van der Waals surface area contributed by atoms with Gasteiger partial charge in [0.1, 0.15) is 18.0 Å². The van der Waals surface area contributed by atoms with Crippen molar-refractivity contribution in [3.63, 3.8) is 0 Å². The highest BCUT2D eigenvalue weighted by Crippen LogP contribution is 2.29. The predicted molar refractivity (Wildman–Crippen MR) is 150 cm³/mol. The first-order valence-electron chi connectivity index (χ1n) is 13.3. The number of piperazine rings is 1. The second-order valence-corrected chi connectivity index (χ2v) is 10.00. The number of phenols is 1. The van der Waals surface area contributed by atoms with Crippen molar-refractivity contribution in [3.05, 3.63) is 114 Å². The maximum atomic E-state index is 13.9. The van der Waals surface area contributed by atoms with E-state index in [0.717, 1.165) is 16.7 Å². The lowest BCUT2D eigenvalue weighted by Crippen LogP contribution is -2.76. The molecule has 2 heterocycles. The Morgan fingerprint density at radius 2 is 1.57 bits per heavy atom. The molecule has 5 rings (SSSR count). The highest BCUT2D eigenvalue weighted by molar-refractivity contribution is 5.91. The first-order valence-corrected chi connectivity index (χ1v) is 13.3. The molecule has 4 amide bonds. The van der Waals surface area contributed by atoms with Crippen LogP contribution in [0.3, 0.4) is 0 Å². The zero-order chi connectivity index (χ0) is 28.1. The second kappa shape index (κ2) is 12.0. The van der Waals surface area contributed by atoms with Crippen molar-refractivity contribution in [1.29, 1.82) is 0 Å². The van der Waals surface area contributed by atoms with Crippen LogP contribution in [0.1, 0.15) is 16.7 Å². The van der Waals surface area contributed by atoms with Gasteiger partial charge in [-0.2, -0.15) is 0 Å². The number of carbonyl (C=O) groups excluding carboxylic acids is 3. The SMILES string of the molecule is C=CCN1CC(=O)N2[C@H](Cc3ccc(O)cc3)C(=O)N(Cc3ccccc3)C[C@@H]2N1C(=O)NCc1ccccc1. The van der Waals surface area contributed by atoms with Crippen LogP contribution in [0.25, 0.3) is 0 Å². The van der Waals surface area contributed by atoms with E-state index in [0.29, 0.717) is 19.6 Å². The average molecular weight is 540 g/mol. The highest BCUT2D eigenvalue weighted by atomic mass is 16.3. The van der Waals surface area contributed by atoms with E-state index in [-0.39, 0.29) is 43.1 Å². The molecule has 2 N–H and O–H groups in total. The van der Waals surface area contributed by atoms with Gasteiger partial charge in [-0.15, -0.1) is 6.58 Å². The van der Waals surface area contributed by atoms with Crippen molar-refractivity contribution in [2.75, 3.05) is 19.6 Å². The van der Waals surface area contributed by atoms with Gasteiger partial charge in [-0.1, -0.05) is 78.9 Å². The topological polar surface area (TPSA) is 96.4 Å². The first kappa shape index (κ1) is 27.0. The van der Waals surface area contributed by atoms with E-state index in [1.165, 1.54) is 0 Å². The quantitative estimate of drug-likeness (QED) is 0.429. The monoisotopic (exact) mass is 539 g/mol. The van der Waals surface area contributed by atoms with Crippen LogP contribution < -0.4 is 5.32 Å². The molecule has 2 aliphatic rings. The van der Waals surface area contributed by atoms with Crippen molar-refractivity contribution >= 4 is 17.8 Å². The normalized spacial score (nSPS) is 19.4. The molecule has 0 saturated carbocycles. The second-order valence-electron chi connectivity index (χ2n) is 10.00. The summed E-state index contributed by atoms with van der Waals surface area (Å²) in [7, 11) is 0. The van der Waals surface area contributed by atoms with E-state index < -0.39 is 12.2 Å². The first-order chi connectivity index (χ1) is 19.4. The molecule has 0 spiro atoms. The summed E-state index contributed by atoms with van der Waals surface area (Å²) in [4.78, 5) is 44.6. The lowest BCUT2D eigenvalue weighted by atomic mass is 9.98. The van der Waals surface area contributed by atoms with Crippen LogP contribution in [0.15, 0.2) is 97.6 Å². The Hall–Kier alpha value is -4.63. The molecule has 2 fully saturated rings. The van der Waals surface area contributed by atoms with Crippen LogP contribution in [0.5, 0.6) is 5.75 Å². The maximum Gasteiger partial charge on any atom is 0.334 e. The number of hydrogen-bond acceptors (Lipinski definition) is 5. The van der Waals surface area contributed by atoms with Gasteiger partial charge in [0.05, 0.1) is 13.1 Å². The molecule has 2 saturated heterocycles. The zero-order valence-electron chi connectivity index (χ0n) is 22.2. The van der Waals surface area contributed by atoms with E-state index >= 15 is 0 Å². The summed E-state index contributed by atoms with van der Waals surface area (Å²) in [6.45, 7) is 4.90. The molecule has 9 heteroatoms. The van der Waals surface area contributed by atoms with E-state index in [9.17, 15) is 19.5 Å². The molecular formula is C31H33N5O4. The molecule has 2 atom stereocenters. The molecular weight excluding hydrogens is 506 g/mol. The van der Waals surface area contributed by atoms with Gasteiger partial charge < -0.3 is 20.2 Å². The van der Waals surface area contributed by atoms with Crippen molar-refractivity contribution in [2.45, 2.75) is 31.7 Å². The number of rotatable bonds is 8. The van der Waals surface area contributed by atoms with Gasteiger partial charge in [-0.05, 0) is 28.8 Å². The summed E-state index contributed by atoms with van der Waals surface area (Å²) < 4.78 is 0. The molecule has 2 aliphatic heterocycles. The number of hydrogen-bond donors (Lipinski definition) is 2. The molecule has 0 radical (unpaired) electrons. The Bertz CT molecular complexity index is 1350. The number of hydrazine groups is 1. The fourth-order valence-electron chi connectivity index (χ4n) is 5.36. The van der Waals surface area contributed by atoms with E-state index in [1.54, 1.807) is 50.2 Å². The molecule has 206 valence electrons. The highest BCUT2D eigenvalue weighted by Gasteiger charge is 2.51. The predicted octanol–water partition coefficient (Wildman–Crippen LogP) is 3.13. The molecule has 0 unspecified atom stereocenters. The van der Waals surface area contributed by atoms with E-state index in [1.807, 2.05) is 60.7 Å². The summed E-state index contributed by atoms with van der Waals surface area (Å²) in [5, 5.41) is 16.0. The molecule has 0 aromatic heterocycles. The Labute approximate surface area is 233 Å². The standard InChI is InChI=1S/C31H33N5O4/c1-2-17-34-22-29(38)35-27(18-23-13-15-26(37)16-14-23)30(39)33(20-25-11-7-4-8-12-25)21-28(35)36(34)31(40)32-19-24-9-5-3-6-10-24/h2-16,27-28,37H,1,17-22H2,(H,32,40)/t27-,28+/m1/s1. The van der Waals surface area contributed by atoms with E-state index in [4.69, 9.17) is 0 Å². The summed E-state index contributed by atoms with van der Waals surface area (Å²) >= 11 is 0. The minimum absolute atomic E-state index is 0.0562. The number of phenolic OH excluding ortho intramolecular Hbond substituents is 1. The molecule has 3 aromatic carbocycles. The molecule has 9 nitrogen and oxygen atoms in total. The smallest absolute Gasteiger partial charge is 0.334 e. The van der Waals surface area contributed by atoms with Crippen LogP contribution in [-0.2, 0) is 29.1 Å². The third-order valence-corrected chi connectivity index (χ3v) is 7.25. The van der Waals surface area contributed by atoms with Gasteiger partial charge in [0.2, 0.25) is 11.8 Å². The Morgan fingerprint density at radius 3 is 2.23 bits per heavy atom. The van der Waals surface area contributed by atoms with Gasteiger partial charge in [-0.3, -0.25) is 9.59 Å². The number of aromatic hydroxyl groups is 1. The van der Waals surface area contributed by atoms with Crippen LogP contribution >= 0.6 is 0 Å². The van der Waals surface area contributed by atoms with Crippen LogP contribution in [0.2, 0.25) is 0 Å².